The predicted octanol–water partition coefficient (Wildman–Crippen LogP) is 3.70. The number of nitrogens with zero attached hydrogens (tertiary/aromatic N) is 1. The van der Waals surface area contributed by atoms with Crippen molar-refractivity contribution < 1.29 is 4.57 Å². The van der Waals surface area contributed by atoms with E-state index in [-0.39, 0.29) is 0 Å². The number of rotatable bonds is 1. The molecule has 0 spiro atoms. The van der Waals surface area contributed by atoms with E-state index in [2.05, 4.69) is 67.1 Å². The third-order valence-electron chi connectivity index (χ3n) is 3.16. The molecule has 0 atom stereocenters. The minimum absolute atomic E-state index is 1.28. The smallest absolute Gasteiger partial charge is 0.189 e. The minimum Gasteiger partial charge on any atom is -0.189 e. The normalized spacial score (nSPS) is 10.9. The van der Waals surface area contributed by atoms with E-state index in [0.29, 0.717) is 0 Å². The molecule has 3 aromatic rings. The molecule has 2 aromatic carbocycles. The Morgan fingerprint density at radius 2 is 1.71 bits per heavy atom. The third kappa shape index (κ3) is 1.75. The van der Waals surface area contributed by atoms with Gasteiger partial charge in [0, 0.05) is 13.0 Å². The van der Waals surface area contributed by atoms with Crippen LogP contribution in [-0.2, 0) is 7.05 Å². The molecule has 0 bridgehead atoms. The van der Waals surface area contributed by atoms with Gasteiger partial charge in [-0.25, -0.2) is 0 Å². The topological polar surface area (TPSA) is 3.88 Å². The number of aryl methyl sites for hydroxylation is 2. The summed E-state index contributed by atoms with van der Waals surface area (Å²) in [5, 5.41) is 1.34. The fraction of sp³-hybridized carbons (Fsp3) is 0.133. The van der Waals surface area contributed by atoms with E-state index < -0.39 is 0 Å². The van der Waals surface area contributed by atoms with Gasteiger partial charge in [0.25, 0.3) is 0 Å². The van der Waals surface area contributed by atoms with E-state index in [9.17, 15) is 0 Å². The van der Waals surface area contributed by atoms with Crippen LogP contribution in [0.5, 0.6) is 0 Å². The average Bonchev–Trinajstić information content (AvgIpc) is 2.66. The first-order chi connectivity index (χ1) is 8.25. The summed E-state index contributed by atoms with van der Waals surface area (Å²) in [6.07, 6.45) is 0. The first-order valence-corrected chi connectivity index (χ1v) is 6.52. The Morgan fingerprint density at radius 3 is 2.47 bits per heavy atom. The zero-order valence-corrected chi connectivity index (χ0v) is 10.8. The van der Waals surface area contributed by atoms with Crippen LogP contribution in [0.15, 0.2) is 48.5 Å². The van der Waals surface area contributed by atoms with Gasteiger partial charge in [0.2, 0.25) is 10.5 Å². The van der Waals surface area contributed by atoms with Gasteiger partial charge in [0.15, 0.2) is 0 Å². The highest BCUT2D eigenvalue weighted by Crippen LogP contribution is 2.26. The van der Waals surface area contributed by atoms with Crippen molar-refractivity contribution in [2.24, 2.45) is 7.05 Å². The summed E-state index contributed by atoms with van der Waals surface area (Å²) in [6, 6.07) is 17.2. The molecule has 0 unspecified atom stereocenters. The molecule has 1 nitrogen and oxygen atoms in total. The second-order valence-corrected chi connectivity index (χ2v) is 5.46. The number of benzene rings is 2. The monoisotopic (exact) mass is 240 g/mol. The van der Waals surface area contributed by atoms with Crippen molar-refractivity contribution in [2.75, 3.05) is 0 Å². The van der Waals surface area contributed by atoms with E-state index in [1.165, 1.54) is 26.4 Å². The molecule has 0 N–H and O–H groups in total. The van der Waals surface area contributed by atoms with Crippen LogP contribution in [-0.4, -0.2) is 0 Å². The van der Waals surface area contributed by atoms with Crippen molar-refractivity contribution in [3.8, 4) is 11.1 Å². The fourth-order valence-corrected chi connectivity index (χ4v) is 3.13. The van der Waals surface area contributed by atoms with Crippen LogP contribution in [0.1, 0.15) is 5.01 Å². The van der Waals surface area contributed by atoms with Gasteiger partial charge >= 0.3 is 0 Å². The molecule has 0 saturated heterocycles. The zero-order chi connectivity index (χ0) is 11.8. The van der Waals surface area contributed by atoms with Crippen LogP contribution in [0, 0.1) is 6.92 Å². The lowest BCUT2D eigenvalue weighted by atomic mass is 10.1. The second-order valence-electron chi connectivity index (χ2n) is 4.23. The van der Waals surface area contributed by atoms with Crippen molar-refractivity contribution in [1.82, 2.24) is 0 Å². The molecule has 0 aliphatic rings. The molecule has 0 fully saturated rings. The van der Waals surface area contributed by atoms with Crippen molar-refractivity contribution in [3.05, 3.63) is 53.5 Å². The number of thiazole rings is 1. The highest BCUT2D eigenvalue weighted by atomic mass is 32.1. The SMILES string of the molecule is Cc1sc2cc(-c3ccccc3)ccc2[n+]1C. The molecular weight excluding hydrogens is 226 g/mol. The van der Waals surface area contributed by atoms with Gasteiger partial charge in [0.05, 0.1) is 0 Å². The lowest BCUT2D eigenvalue weighted by Crippen LogP contribution is -2.28. The first kappa shape index (κ1) is 10.5. The summed E-state index contributed by atoms with van der Waals surface area (Å²) in [5.74, 6) is 0. The summed E-state index contributed by atoms with van der Waals surface area (Å²) >= 11 is 1.85. The quantitative estimate of drug-likeness (QED) is 0.571. The summed E-state index contributed by atoms with van der Waals surface area (Å²) in [4.78, 5) is 0. The first-order valence-electron chi connectivity index (χ1n) is 5.70. The fourth-order valence-electron chi connectivity index (χ4n) is 2.08. The Labute approximate surface area is 105 Å². The van der Waals surface area contributed by atoms with Crippen molar-refractivity contribution >= 4 is 21.6 Å². The van der Waals surface area contributed by atoms with Crippen LogP contribution in [0.4, 0.5) is 0 Å². The lowest BCUT2D eigenvalue weighted by Gasteiger charge is -1.99. The van der Waals surface area contributed by atoms with Gasteiger partial charge in [-0.3, -0.25) is 0 Å². The molecule has 2 heteroatoms. The van der Waals surface area contributed by atoms with Gasteiger partial charge in [-0.05, 0) is 23.3 Å². The van der Waals surface area contributed by atoms with Crippen molar-refractivity contribution in [1.29, 1.82) is 0 Å². The van der Waals surface area contributed by atoms with Crippen LogP contribution in [0.2, 0.25) is 0 Å². The zero-order valence-electron chi connectivity index (χ0n) is 9.97. The van der Waals surface area contributed by atoms with Crippen LogP contribution in [0.25, 0.3) is 21.3 Å². The predicted molar refractivity (Wildman–Crippen MR) is 73.2 cm³/mol. The van der Waals surface area contributed by atoms with E-state index in [0.717, 1.165) is 0 Å². The maximum atomic E-state index is 2.28. The molecule has 0 radical (unpaired) electrons. The van der Waals surface area contributed by atoms with Gasteiger partial charge in [-0.1, -0.05) is 41.7 Å². The molecule has 0 amide bonds. The highest BCUT2D eigenvalue weighted by Gasteiger charge is 2.13. The van der Waals surface area contributed by atoms with Crippen LogP contribution < -0.4 is 4.57 Å². The highest BCUT2D eigenvalue weighted by molar-refractivity contribution is 7.18. The van der Waals surface area contributed by atoms with Crippen molar-refractivity contribution in [3.63, 3.8) is 0 Å². The van der Waals surface area contributed by atoms with Gasteiger partial charge < -0.3 is 0 Å². The third-order valence-corrected chi connectivity index (χ3v) is 4.27. The van der Waals surface area contributed by atoms with E-state index in [1.807, 2.05) is 11.3 Å². The Morgan fingerprint density at radius 1 is 0.941 bits per heavy atom. The van der Waals surface area contributed by atoms with Gasteiger partial charge in [-0.15, -0.1) is 0 Å². The molecule has 17 heavy (non-hydrogen) atoms. The van der Waals surface area contributed by atoms with Gasteiger partial charge in [0.1, 0.15) is 11.7 Å². The molecule has 0 aliphatic heterocycles. The number of hydrogen-bond acceptors (Lipinski definition) is 1. The molecule has 84 valence electrons. The Bertz CT molecular complexity index is 668. The number of hydrogen-bond donors (Lipinski definition) is 0. The Balaban J connectivity index is 2.21. The van der Waals surface area contributed by atoms with Crippen molar-refractivity contribution in [2.45, 2.75) is 6.92 Å². The van der Waals surface area contributed by atoms with Gasteiger partial charge in [-0.2, -0.15) is 4.57 Å². The molecule has 1 aromatic heterocycles. The molecule has 3 rings (SSSR count). The van der Waals surface area contributed by atoms with E-state index in [4.69, 9.17) is 0 Å². The maximum absolute atomic E-state index is 2.28. The lowest BCUT2D eigenvalue weighted by molar-refractivity contribution is -0.646. The summed E-state index contributed by atoms with van der Waals surface area (Å²) in [7, 11) is 2.12. The minimum atomic E-state index is 1.28. The molecule has 1 heterocycles. The average molecular weight is 240 g/mol. The summed E-state index contributed by atoms with van der Waals surface area (Å²) in [5.41, 5.74) is 3.88. The van der Waals surface area contributed by atoms with E-state index in [1.54, 1.807) is 0 Å². The largest absolute Gasteiger partial charge is 0.234 e. The number of aromatic nitrogens is 1. The number of fused-ring (bicyclic) bond motifs is 1. The maximum Gasteiger partial charge on any atom is 0.234 e. The standard InChI is InChI=1S/C15H14NS/c1-11-16(2)14-9-8-13(10-15(14)17-11)12-6-4-3-5-7-12/h3-10H,1-2H3/q+1. The van der Waals surface area contributed by atoms with E-state index >= 15 is 0 Å². The molecule has 0 aliphatic carbocycles. The summed E-state index contributed by atoms with van der Waals surface area (Å²) < 4.78 is 3.60. The Hall–Kier alpha value is -1.67. The molecular formula is C15H14NS+. The van der Waals surface area contributed by atoms with Crippen LogP contribution in [0.3, 0.4) is 0 Å². The molecule has 0 saturated carbocycles. The summed E-state index contributed by atoms with van der Waals surface area (Å²) in [6.45, 7) is 2.16. The Kier molecular flexibility index (Phi) is 2.45. The van der Waals surface area contributed by atoms with Crippen LogP contribution >= 0.6 is 11.3 Å². The second kappa shape index (κ2) is 3.97.